The van der Waals surface area contributed by atoms with E-state index in [0.717, 1.165) is 17.3 Å². The van der Waals surface area contributed by atoms with Crippen molar-refractivity contribution >= 4 is 10.9 Å². The van der Waals surface area contributed by atoms with Gasteiger partial charge in [-0.25, -0.2) is 4.39 Å². The van der Waals surface area contributed by atoms with Crippen molar-refractivity contribution in [1.29, 1.82) is 0 Å². The Kier molecular flexibility index (Phi) is 2.53. The normalized spacial score (nSPS) is 11.0. The zero-order valence-electron chi connectivity index (χ0n) is 8.31. The molecule has 0 aliphatic carbocycles. The maximum atomic E-state index is 12.9. The highest BCUT2D eigenvalue weighted by atomic mass is 19.1. The first-order valence-corrected chi connectivity index (χ1v) is 5.07. The first kappa shape index (κ1) is 9.25. The van der Waals surface area contributed by atoms with Crippen LogP contribution in [-0.4, -0.2) is 4.98 Å². The summed E-state index contributed by atoms with van der Waals surface area (Å²) in [5.41, 5.74) is 2.23. The van der Waals surface area contributed by atoms with E-state index < -0.39 is 0 Å². The number of halogens is 1. The molecule has 0 amide bonds. The van der Waals surface area contributed by atoms with E-state index in [-0.39, 0.29) is 5.82 Å². The van der Waals surface area contributed by atoms with Gasteiger partial charge in [0.15, 0.2) is 0 Å². The summed E-state index contributed by atoms with van der Waals surface area (Å²) >= 11 is 0. The molecule has 2 rings (SSSR count). The molecule has 0 saturated carbocycles. The van der Waals surface area contributed by atoms with Crippen molar-refractivity contribution in [3.8, 4) is 0 Å². The van der Waals surface area contributed by atoms with Gasteiger partial charge in [-0.15, -0.1) is 0 Å². The van der Waals surface area contributed by atoms with Gasteiger partial charge in [0.25, 0.3) is 0 Å². The Hall–Kier alpha value is -1.31. The van der Waals surface area contributed by atoms with E-state index in [2.05, 4.69) is 11.9 Å². The van der Waals surface area contributed by atoms with E-state index in [1.165, 1.54) is 24.6 Å². The third-order valence-corrected chi connectivity index (χ3v) is 2.44. The fourth-order valence-corrected chi connectivity index (χ4v) is 1.67. The summed E-state index contributed by atoms with van der Waals surface area (Å²) in [5.74, 6) is -0.168. The SMILES string of the molecule is CCCCc1cc2cc(F)ccc2[nH]1. The molecule has 0 aliphatic heterocycles. The van der Waals surface area contributed by atoms with Crippen LogP contribution in [0.5, 0.6) is 0 Å². The second-order valence-electron chi connectivity index (χ2n) is 3.63. The molecule has 0 saturated heterocycles. The van der Waals surface area contributed by atoms with Crippen LogP contribution in [0.25, 0.3) is 10.9 Å². The average molecular weight is 191 g/mol. The highest BCUT2D eigenvalue weighted by Gasteiger charge is 2.00. The Labute approximate surface area is 82.9 Å². The Morgan fingerprint density at radius 1 is 1.29 bits per heavy atom. The van der Waals surface area contributed by atoms with Gasteiger partial charge in [-0.05, 0) is 37.1 Å². The van der Waals surface area contributed by atoms with E-state index in [4.69, 9.17) is 0 Å². The van der Waals surface area contributed by atoms with Crippen molar-refractivity contribution in [2.75, 3.05) is 0 Å². The number of nitrogens with one attached hydrogen (secondary N) is 1. The Morgan fingerprint density at radius 2 is 2.14 bits per heavy atom. The number of hydrogen-bond donors (Lipinski definition) is 1. The lowest BCUT2D eigenvalue weighted by Crippen LogP contribution is -1.82. The minimum absolute atomic E-state index is 0.168. The number of unbranched alkanes of at least 4 members (excludes halogenated alkanes) is 1. The van der Waals surface area contributed by atoms with Crippen LogP contribution in [0.3, 0.4) is 0 Å². The molecular weight excluding hydrogens is 177 g/mol. The van der Waals surface area contributed by atoms with Crippen molar-refractivity contribution in [3.05, 3.63) is 35.8 Å². The number of aryl methyl sites for hydroxylation is 1. The number of H-pyrrole nitrogens is 1. The van der Waals surface area contributed by atoms with Gasteiger partial charge < -0.3 is 4.98 Å². The molecule has 1 nitrogen and oxygen atoms in total. The molecule has 1 heterocycles. The van der Waals surface area contributed by atoms with E-state index in [1.54, 1.807) is 12.1 Å². The summed E-state index contributed by atoms with van der Waals surface area (Å²) in [6, 6.07) is 6.89. The smallest absolute Gasteiger partial charge is 0.123 e. The fraction of sp³-hybridized carbons (Fsp3) is 0.333. The van der Waals surface area contributed by atoms with Crippen LogP contribution in [0.2, 0.25) is 0 Å². The van der Waals surface area contributed by atoms with Gasteiger partial charge >= 0.3 is 0 Å². The number of hydrogen-bond acceptors (Lipinski definition) is 0. The molecule has 74 valence electrons. The standard InChI is InChI=1S/C12H14FN/c1-2-3-4-11-8-9-7-10(13)5-6-12(9)14-11/h5-8,14H,2-4H2,1H3. The zero-order chi connectivity index (χ0) is 9.97. The largest absolute Gasteiger partial charge is 0.358 e. The topological polar surface area (TPSA) is 15.8 Å². The molecule has 1 aromatic heterocycles. The monoisotopic (exact) mass is 191 g/mol. The minimum atomic E-state index is -0.168. The molecule has 0 radical (unpaired) electrons. The second kappa shape index (κ2) is 3.82. The van der Waals surface area contributed by atoms with E-state index in [1.807, 2.05) is 6.07 Å². The minimum Gasteiger partial charge on any atom is -0.358 e. The van der Waals surface area contributed by atoms with Crippen LogP contribution in [0, 0.1) is 5.82 Å². The van der Waals surface area contributed by atoms with Gasteiger partial charge in [-0.3, -0.25) is 0 Å². The van der Waals surface area contributed by atoms with E-state index >= 15 is 0 Å². The van der Waals surface area contributed by atoms with Crippen molar-refractivity contribution in [3.63, 3.8) is 0 Å². The number of fused-ring (bicyclic) bond motifs is 1. The maximum Gasteiger partial charge on any atom is 0.123 e. The van der Waals surface area contributed by atoms with E-state index in [0.29, 0.717) is 0 Å². The zero-order valence-corrected chi connectivity index (χ0v) is 8.31. The molecular formula is C12H14FN. The van der Waals surface area contributed by atoms with Crippen molar-refractivity contribution < 1.29 is 4.39 Å². The van der Waals surface area contributed by atoms with Gasteiger partial charge in [0.1, 0.15) is 5.82 Å². The van der Waals surface area contributed by atoms with Crippen LogP contribution in [0.15, 0.2) is 24.3 Å². The first-order valence-electron chi connectivity index (χ1n) is 5.07. The van der Waals surface area contributed by atoms with Crippen LogP contribution in [0.1, 0.15) is 25.5 Å². The maximum absolute atomic E-state index is 12.9. The molecule has 0 unspecified atom stereocenters. The van der Waals surface area contributed by atoms with Crippen LogP contribution < -0.4 is 0 Å². The first-order chi connectivity index (χ1) is 6.79. The van der Waals surface area contributed by atoms with Gasteiger partial charge in [0.05, 0.1) is 0 Å². The summed E-state index contributed by atoms with van der Waals surface area (Å²) in [6.45, 7) is 2.17. The summed E-state index contributed by atoms with van der Waals surface area (Å²) < 4.78 is 12.9. The van der Waals surface area contributed by atoms with Gasteiger partial charge in [-0.1, -0.05) is 13.3 Å². The number of aromatic amines is 1. The molecule has 2 heteroatoms. The quantitative estimate of drug-likeness (QED) is 0.762. The third kappa shape index (κ3) is 1.79. The van der Waals surface area contributed by atoms with Crippen molar-refractivity contribution in [2.45, 2.75) is 26.2 Å². The highest BCUT2D eigenvalue weighted by molar-refractivity contribution is 5.80. The van der Waals surface area contributed by atoms with Crippen molar-refractivity contribution in [1.82, 2.24) is 4.98 Å². The van der Waals surface area contributed by atoms with Crippen LogP contribution >= 0.6 is 0 Å². The molecule has 0 fully saturated rings. The Morgan fingerprint density at radius 3 is 2.93 bits per heavy atom. The lowest BCUT2D eigenvalue weighted by molar-refractivity contribution is 0.630. The summed E-state index contributed by atoms with van der Waals surface area (Å²) in [7, 11) is 0. The molecule has 2 aromatic rings. The molecule has 0 aliphatic rings. The number of aromatic nitrogens is 1. The Balaban J connectivity index is 2.32. The van der Waals surface area contributed by atoms with E-state index in [9.17, 15) is 4.39 Å². The lowest BCUT2D eigenvalue weighted by atomic mass is 10.2. The fourth-order valence-electron chi connectivity index (χ4n) is 1.67. The van der Waals surface area contributed by atoms with Crippen LogP contribution in [0.4, 0.5) is 4.39 Å². The molecule has 0 spiro atoms. The lowest BCUT2D eigenvalue weighted by Gasteiger charge is -1.92. The molecule has 1 aromatic carbocycles. The van der Waals surface area contributed by atoms with Crippen LogP contribution in [-0.2, 0) is 6.42 Å². The molecule has 0 bridgehead atoms. The van der Waals surface area contributed by atoms with Gasteiger partial charge in [0, 0.05) is 16.6 Å². The highest BCUT2D eigenvalue weighted by Crippen LogP contribution is 2.17. The predicted octanol–water partition coefficient (Wildman–Crippen LogP) is 3.65. The molecule has 0 atom stereocenters. The predicted molar refractivity (Wildman–Crippen MR) is 56.9 cm³/mol. The second-order valence-corrected chi connectivity index (χ2v) is 3.63. The van der Waals surface area contributed by atoms with Crippen molar-refractivity contribution in [2.24, 2.45) is 0 Å². The summed E-state index contributed by atoms with van der Waals surface area (Å²) in [6.07, 6.45) is 3.41. The third-order valence-electron chi connectivity index (χ3n) is 2.44. The molecule has 1 N–H and O–H groups in total. The summed E-state index contributed by atoms with van der Waals surface area (Å²) in [4.78, 5) is 3.29. The van der Waals surface area contributed by atoms with Gasteiger partial charge in [0.2, 0.25) is 0 Å². The number of rotatable bonds is 3. The Bertz CT molecular complexity index is 431. The van der Waals surface area contributed by atoms with Gasteiger partial charge in [-0.2, -0.15) is 0 Å². The molecule has 14 heavy (non-hydrogen) atoms. The summed E-state index contributed by atoms with van der Waals surface area (Å²) in [5, 5.41) is 0.969. The number of benzene rings is 1. The average Bonchev–Trinajstić information content (AvgIpc) is 2.56.